The molecular weight excluding hydrogens is 792 g/mol. The molecule has 0 saturated heterocycles. The van der Waals surface area contributed by atoms with Crippen molar-refractivity contribution >= 4 is 80.4 Å². The second kappa shape index (κ2) is 10.0. The number of hydrogen-bond donors (Lipinski definition) is 0. The van der Waals surface area contributed by atoms with Crippen LogP contribution in [0.1, 0.15) is 0 Å². The molecule has 0 spiro atoms. The van der Waals surface area contributed by atoms with Crippen LogP contribution in [-0.4, -0.2) is 28.8 Å². The van der Waals surface area contributed by atoms with Gasteiger partial charge in [-0.1, -0.05) is 0 Å². The van der Waals surface area contributed by atoms with Crippen molar-refractivity contribution in [2.75, 3.05) is 0 Å². The van der Waals surface area contributed by atoms with Crippen molar-refractivity contribution in [3.63, 3.8) is 0 Å². The second-order valence-corrected chi connectivity index (χ2v) is 55.5. The Morgan fingerprint density at radius 2 is 0.586 bits per heavy atom. The van der Waals surface area contributed by atoms with Crippen LogP contribution in [0.25, 0.3) is 0 Å². The van der Waals surface area contributed by atoms with E-state index < -0.39 is 28.8 Å². The van der Waals surface area contributed by atoms with Crippen molar-refractivity contribution < 1.29 is 0 Å². The van der Waals surface area contributed by atoms with Gasteiger partial charge in [0, 0.05) is 0 Å². The molecule has 0 N–H and O–H groups in total. The minimum atomic E-state index is -2.91. The van der Waals surface area contributed by atoms with Gasteiger partial charge in [-0.15, -0.1) is 0 Å². The van der Waals surface area contributed by atoms with Gasteiger partial charge in [-0.25, -0.2) is 0 Å². The van der Waals surface area contributed by atoms with Gasteiger partial charge in [-0.3, -0.25) is 0 Å². The fourth-order valence-electron chi connectivity index (χ4n) is 3.89. The van der Waals surface area contributed by atoms with Crippen LogP contribution < -0.4 is 14.3 Å². The quantitative estimate of drug-likeness (QED) is 0.192. The molecule has 144 valence electrons. The first-order valence-electron chi connectivity index (χ1n) is 9.73. The summed E-state index contributed by atoms with van der Waals surface area (Å²) >= 11 is 0.0668. The number of rotatable bonds is 6. The zero-order valence-corrected chi connectivity index (χ0v) is 26.0. The van der Waals surface area contributed by atoms with Gasteiger partial charge in [0.15, 0.2) is 0 Å². The molecule has 29 heavy (non-hydrogen) atoms. The molecule has 4 heteroatoms. The third kappa shape index (κ3) is 4.90. The molecule has 0 aliphatic rings. The Morgan fingerprint density at radius 1 is 0.379 bits per heavy atom. The van der Waals surface area contributed by atoms with Crippen LogP contribution in [0.5, 0.6) is 0 Å². The monoisotopic (exact) mass is 816 g/mol. The summed E-state index contributed by atoms with van der Waals surface area (Å²) in [5.41, 5.74) is 0. The second-order valence-electron chi connectivity index (χ2n) is 7.24. The van der Waals surface area contributed by atoms with E-state index in [2.05, 4.69) is 159 Å². The van der Waals surface area contributed by atoms with Gasteiger partial charge in [0.1, 0.15) is 0 Å². The van der Waals surface area contributed by atoms with E-state index in [1.165, 1.54) is 2.45 Å². The molecule has 0 atom stereocenters. The van der Waals surface area contributed by atoms with Crippen LogP contribution in [-0.2, 0) is 0 Å². The Kier molecular flexibility index (Phi) is 7.67. The average Bonchev–Trinajstić information content (AvgIpc) is 2.81. The molecule has 4 aromatic rings. The van der Waals surface area contributed by atoms with Gasteiger partial charge in [-0.2, -0.15) is 0 Å². The van der Waals surface area contributed by atoms with Crippen molar-refractivity contribution in [2.45, 2.75) is 2.45 Å². The first kappa shape index (κ1) is 22.1. The van der Waals surface area contributed by atoms with Crippen molar-refractivity contribution in [2.24, 2.45) is 0 Å². The topological polar surface area (TPSA) is 0 Å². The summed E-state index contributed by atoms with van der Waals surface area (Å²) in [5, 5.41) is 0. The SMILES string of the molecule is [I][Sn]([CH2][Sn]([I])([c]1ccccc1)[c]1ccccc1)([c]1ccccc1)[c]1ccccc1. The Balaban J connectivity index is 1.91. The van der Waals surface area contributed by atoms with Crippen molar-refractivity contribution in [1.29, 1.82) is 0 Å². The molecule has 0 radical (unpaired) electrons. The molecule has 0 aliphatic carbocycles. The van der Waals surface area contributed by atoms with E-state index in [0.717, 1.165) is 0 Å². The van der Waals surface area contributed by atoms with Gasteiger partial charge in [0.25, 0.3) is 0 Å². The van der Waals surface area contributed by atoms with E-state index >= 15 is 0 Å². The van der Waals surface area contributed by atoms with Crippen LogP contribution in [0.2, 0.25) is 2.45 Å². The van der Waals surface area contributed by atoms with E-state index in [0.29, 0.717) is 0 Å². The van der Waals surface area contributed by atoms with Gasteiger partial charge in [0.2, 0.25) is 0 Å². The van der Waals surface area contributed by atoms with Gasteiger partial charge >= 0.3 is 204 Å². The van der Waals surface area contributed by atoms with Crippen LogP contribution in [0.4, 0.5) is 0 Å². The van der Waals surface area contributed by atoms with Gasteiger partial charge < -0.3 is 0 Å². The van der Waals surface area contributed by atoms with Crippen molar-refractivity contribution in [3.8, 4) is 0 Å². The third-order valence-corrected chi connectivity index (χ3v) is 92.1. The first-order valence-corrected chi connectivity index (χ1v) is 36.1. The number of benzene rings is 4. The van der Waals surface area contributed by atoms with E-state index in [9.17, 15) is 0 Å². The third-order valence-electron chi connectivity index (χ3n) is 5.41. The Hall–Kier alpha value is -0.0626. The molecule has 0 heterocycles. The molecule has 0 bridgehead atoms. The predicted octanol–water partition coefficient (Wildman–Crippen LogP) is 4.92. The van der Waals surface area contributed by atoms with Gasteiger partial charge in [-0.05, 0) is 0 Å². The van der Waals surface area contributed by atoms with Crippen molar-refractivity contribution in [3.05, 3.63) is 121 Å². The Morgan fingerprint density at radius 3 is 0.793 bits per heavy atom. The Bertz CT molecular complexity index is 873. The van der Waals surface area contributed by atoms with E-state index in [-0.39, 0.29) is 0 Å². The molecule has 0 aliphatic heterocycles. The van der Waals surface area contributed by atoms with E-state index in [1.807, 2.05) is 0 Å². The molecular formula is C25H22I2Sn2. The molecule has 0 amide bonds. The summed E-state index contributed by atoms with van der Waals surface area (Å²) in [5.74, 6) is 0. The van der Waals surface area contributed by atoms with Gasteiger partial charge in [0.05, 0.1) is 0 Å². The normalized spacial score (nSPS) is 11.9. The standard InChI is InChI=1S/4C6H5.CH2.2HI.2Sn/c4*1-2-4-6-5-3-1;;;;;/h4*1-5H;1H2;2*1H;;/q;;;;;;;2*+1/p-2. The minimum absolute atomic E-state index is 1.37. The fraction of sp³-hybridized carbons (Fsp3) is 0.0400. The van der Waals surface area contributed by atoms with Crippen LogP contribution in [0, 0.1) is 0 Å². The summed E-state index contributed by atoms with van der Waals surface area (Å²) in [6.45, 7) is 0. The zero-order chi connectivity index (χ0) is 20.2. The molecule has 0 saturated carbocycles. The summed E-state index contributed by atoms with van der Waals surface area (Å²) < 4.78 is 7.75. The zero-order valence-electron chi connectivity index (χ0n) is 16.0. The predicted molar refractivity (Wildman–Crippen MR) is 149 cm³/mol. The number of halogens is 2. The summed E-state index contributed by atoms with van der Waals surface area (Å²) in [7, 11) is 0. The van der Waals surface area contributed by atoms with Crippen LogP contribution in [0.15, 0.2) is 121 Å². The summed E-state index contributed by atoms with van der Waals surface area (Å²) in [4.78, 5) is 0. The molecule has 0 unspecified atom stereocenters. The maximum atomic E-state index is 2.94. The molecule has 4 aromatic carbocycles. The summed E-state index contributed by atoms with van der Waals surface area (Å²) in [6.07, 6.45) is 0. The number of hydrogen-bond acceptors (Lipinski definition) is 0. The maximum absolute atomic E-state index is 2.94. The Labute approximate surface area is 201 Å². The molecule has 4 rings (SSSR count). The van der Waals surface area contributed by atoms with E-state index in [1.54, 1.807) is 14.3 Å². The van der Waals surface area contributed by atoms with Crippen LogP contribution >= 0.6 is 37.3 Å². The molecule has 0 nitrogen and oxygen atoms in total. The average molecular weight is 814 g/mol. The first-order chi connectivity index (χ1) is 14.1. The molecule has 0 fully saturated rings. The molecule has 0 aromatic heterocycles. The van der Waals surface area contributed by atoms with Crippen LogP contribution in [0.3, 0.4) is 0 Å². The van der Waals surface area contributed by atoms with E-state index in [4.69, 9.17) is 0 Å². The van der Waals surface area contributed by atoms with Crippen molar-refractivity contribution in [1.82, 2.24) is 0 Å². The summed E-state index contributed by atoms with van der Waals surface area (Å²) in [6, 6.07) is 45.4. The fourth-order valence-corrected chi connectivity index (χ4v) is 141.